The summed E-state index contributed by atoms with van der Waals surface area (Å²) in [6, 6.07) is 11.3. The van der Waals surface area contributed by atoms with Crippen molar-refractivity contribution in [2.24, 2.45) is 0 Å². The van der Waals surface area contributed by atoms with Crippen molar-refractivity contribution in [1.82, 2.24) is 0 Å². The molecule has 0 saturated heterocycles. The lowest BCUT2D eigenvalue weighted by molar-refractivity contribution is -0.118. The predicted molar refractivity (Wildman–Crippen MR) is 94.2 cm³/mol. The van der Waals surface area contributed by atoms with Crippen LogP contribution in [0.4, 0.5) is 5.69 Å². The molecule has 0 spiro atoms. The van der Waals surface area contributed by atoms with Crippen LogP contribution in [0.2, 0.25) is 0 Å². The van der Waals surface area contributed by atoms with Gasteiger partial charge in [0.2, 0.25) is 0 Å². The number of aryl methyl sites for hydroxylation is 2. The number of benzene rings is 2. The van der Waals surface area contributed by atoms with E-state index in [1.54, 1.807) is 20.3 Å². The maximum atomic E-state index is 12.2. The smallest absolute Gasteiger partial charge is 0.262 e. The molecule has 0 aliphatic heterocycles. The Balaban J connectivity index is 2.04. The van der Waals surface area contributed by atoms with E-state index in [2.05, 4.69) is 12.2 Å². The van der Waals surface area contributed by atoms with Crippen LogP contribution in [0.5, 0.6) is 17.2 Å². The van der Waals surface area contributed by atoms with Crippen LogP contribution in [0, 0.1) is 6.92 Å². The van der Waals surface area contributed by atoms with Crippen molar-refractivity contribution < 1.29 is 19.0 Å². The molecule has 0 atom stereocenters. The van der Waals surface area contributed by atoms with Crippen molar-refractivity contribution in [3.8, 4) is 17.2 Å². The second kappa shape index (κ2) is 8.24. The van der Waals surface area contributed by atoms with Crippen LogP contribution in [-0.4, -0.2) is 26.7 Å². The van der Waals surface area contributed by atoms with E-state index >= 15 is 0 Å². The van der Waals surface area contributed by atoms with Gasteiger partial charge in [0.15, 0.2) is 18.1 Å². The number of methoxy groups -OCH3 is 2. The fourth-order valence-electron chi connectivity index (χ4n) is 2.38. The number of para-hydroxylation sites is 1. The Hall–Kier alpha value is -2.69. The van der Waals surface area contributed by atoms with Crippen LogP contribution in [0.15, 0.2) is 36.4 Å². The Bertz CT molecular complexity index is 713. The fraction of sp³-hybridized carbons (Fsp3) is 0.316. The largest absolute Gasteiger partial charge is 0.493 e. The van der Waals surface area contributed by atoms with Crippen LogP contribution in [0.1, 0.15) is 18.1 Å². The summed E-state index contributed by atoms with van der Waals surface area (Å²) >= 11 is 0. The highest BCUT2D eigenvalue weighted by Gasteiger charge is 2.12. The molecule has 0 heterocycles. The summed E-state index contributed by atoms with van der Waals surface area (Å²) in [6.07, 6.45) is 0.854. The van der Waals surface area contributed by atoms with E-state index in [1.165, 1.54) is 0 Å². The molecule has 0 unspecified atom stereocenters. The highest BCUT2D eigenvalue weighted by molar-refractivity contribution is 5.93. The highest BCUT2D eigenvalue weighted by atomic mass is 16.5. The molecule has 0 aromatic heterocycles. The van der Waals surface area contributed by atoms with Gasteiger partial charge in [-0.1, -0.05) is 25.1 Å². The van der Waals surface area contributed by atoms with E-state index in [9.17, 15) is 4.79 Å². The lowest BCUT2D eigenvalue weighted by atomic mass is 10.1. The van der Waals surface area contributed by atoms with Gasteiger partial charge >= 0.3 is 0 Å². The number of hydrogen-bond acceptors (Lipinski definition) is 4. The predicted octanol–water partition coefficient (Wildman–Crippen LogP) is 3.59. The molecule has 1 amide bonds. The van der Waals surface area contributed by atoms with Crippen LogP contribution >= 0.6 is 0 Å². The van der Waals surface area contributed by atoms with Gasteiger partial charge in [0, 0.05) is 11.8 Å². The quantitative estimate of drug-likeness (QED) is 0.843. The van der Waals surface area contributed by atoms with Gasteiger partial charge in [-0.25, -0.2) is 0 Å². The summed E-state index contributed by atoms with van der Waals surface area (Å²) in [7, 11) is 3.14. The van der Waals surface area contributed by atoms with Gasteiger partial charge in [-0.3, -0.25) is 4.79 Å². The monoisotopic (exact) mass is 329 g/mol. The molecule has 2 rings (SSSR count). The molecule has 2 aromatic carbocycles. The topological polar surface area (TPSA) is 56.8 Å². The molecule has 0 bridgehead atoms. The van der Waals surface area contributed by atoms with Crippen LogP contribution < -0.4 is 19.5 Å². The van der Waals surface area contributed by atoms with Crippen molar-refractivity contribution in [3.05, 3.63) is 47.5 Å². The Labute approximate surface area is 142 Å². The number of anilines is 1. The van der Waals surface area contributed by atoms with E-state index < -0.39 is 0 Å². The van der Waals surface area contributed by atoms with Gasteiger partial charge in [0.25, 0.3) is 5.91 Å². The maximum absolute atomic E-state index is 12.2. The minimum Gasteiger partial charge on any atom is -0.493 e. The molecule has 5 nitrogen and oxygen atoms in total. The first-order valence-electron chi connectivity index (χ1n) is 7.82. The number of rotatable bonds is 7. The SMILES string of the molecule is CCc1ccccc1OCC(=O)Nc1cc(OC)c(OC)cc1C. The van der Waals surface area contributed by atoms with Crippen LogP contribution in [0.25, 0.3) is 0 Å². The zero-order valence-electron chi connectivity index (χ0n) is 14.5. The zero-order chi connectivity index (χ0) is 17.5. The van der Waals surface area contributed by atoms with E-state index in [4.69, 9.17) is 14.2 Å². The fourth-order valence-corrected chi connectivity index (χ4v) is 2.38. The minimum absolute atomic E-state index is 0.0508. The van der Waals surface area contributed by atoms with Crippen molar-refractivity contribution >= 4 is 11.6 Å². The molecule has 5 heteroatoms. The molecule has 0 aliphatic rings. The maximum Gasteiger partial charge on any atom is 0.262 e. The molecule has 128 valence electrons. The molecule has 0 radical (unpaired) electrons. The Kier molecular flexibility index (Phi) is 6.07. The molecule has 1 N–H and O–H groups in total. The van der Waals surface area contributed by atoms with Crippen molar-refractivity contribution in [1.29, 1.82) is 0 Å². The summed E-state index contributed by atoms with van der Waals surface area (Å²) in [5.74, 6) is 1.70. The van der Waals surface area contributed by atoms with Crippen LogP contribution in [0.3, 0.4) is 0 Å². The van der Waals surface area contributed by atoms with E-state index in [0.29, 0.717) is 17.2 Å². The van der Waals surface area contributed by atoms with Gasteiger partial charge in [0.05, 0.1) is 14.2 Å². The molecular formula is C19H23NO4. The molecule has 0 fully saturated rings. The highest BCUT2D eigenvalue weighted by Crippen LogP contribution is 2.32. The Morgan fingerprint density at radius 2 is 1.71 bits per heavy atom. The molecule has 0 aliphatic carbocycles. The molecule has 2 aromatic rings. The first-order valence-corrected chi connectivity index (χ1v) is 7.82. The third-order valence-corrected chi connectivity index (χ3v) is 3.72. The first-order chi connectivity index (χ1) is 11.6. The van der Waals surface area contributed by atoms with E-state index in [1.807, 2.05) is 37.3 Å². The Morgan fingerprint density at radius 1 is 1.04 bits per heavy atom. The molecule has 0 saturated carbocycles. The van der Waals surface area contributed by atoms with Gasteiger partial charge in [-0.05, 0) is 36.6 Å². The number of carbonyl (C=O) groups excluding carboxylic acids is 1. The number of nitrogens with one attached hydrogen (secondary N) is 1. The number of carbonyl (C=O) groups is 1. The zero-order valence-corrected chi connectivity index (χ0v) is 14.5. The summed E-state index contributed by atoms with van der Waals surface area (Å²) in [6.45, 7) is 3.89. The van der Waals surface area contributed by atoms with E-state index in [-0.39, 0.29) is 12.5 Å². The normalized spacial score (nSPS) is 10.2. The van der Waals surface area contributed by atoms with Crippen LogP contribution in [-0.2, 0) is 11.2 Å². The summed E-state index contributed by atoms with van der Waals surface area (Å²) in [4.78, 5) is 12.2. The van der Waals surface area contributed by atoms with Crippen molar-refractivity contribution in [2.75, 3.05) is 26.1 Å². The first kappa shape index (κ1) is 17.7. The number of hydrogen-bond donors (Lipinski definition) is 1. The summed E-state index contributed by atoms with van der Waals surface area (Å²) < 4.78 is 16.1. The second-order valence-corrected chi connectivity index (χ2v) is 5.32. The minimum atomic E-state index is -0.226. The lowest BCUT2D eigenvalue weighted by Crippen LogP contribution is -2.21. The van der Waals surface area contributed by atoms with Gasteiger partial charge in [-0.15, -0.1) is 0 Å². The van der Waals surface area contributed by atoms with Crippen molar-refractivity contribution in [3.63, 3.8) is 0 Å². The van der Waals surface area contributed by atoms with Crippen molar-refractivity contribution in [2.45, 2.75) is 20.3 Å². The van der Waals surface area contributed by atoms with Gasteiger partial charge < -0.3 is 19.5 Å². The average Bonchev–Trinajstić information content (AvgIpc) is 2.61. The van der Waals surface area contributed by atoms with Gasteiger partial charge in [0.1, 0.15) is 5.75 Å². The number of amides is 1. The van der Waals surface area contributed by atoms with E-state index in [0.717, 1.165) is 23.3 Å². The number of ether oxygens (including phenoxy) is 3. The standard InChI is InChI=1S/C19H23NO4/c1-5-14-8-6-7-9-16(14)24-12-19(21)20-15-11-18(23-4)17(22-3)10-13(15)2/h6-11H,5,12H2,1-4H3,(H,20,21). The third kappa shape index (κ3) is 4.19. The third-order valence-electron chi connectivity index (χ3n) is 3.72. The second-order valence-electron chi connectivity index (χ2n) is 5.32. The summed E-state index contributed by atoms with van der Waals surface area (Å²) in [5.41, 5.74) is 2.63. The Morgan fingerprint density at radius 3 is 2.38 bits per heavy atom. The average molecular weight is 329 g/mol. The van der Waals surface area contributed by atoms with Gasteiger partial charge in [-0.2, -0.15) is 0 Å². The lowest BCUT2D eigenvalue weighted by Gasteiger charge is -2.14. The molecular weight excluding hydrogens is 306 g/mol. The molecule has 24 heavy (non-hydrogen) atoms. The summed E-state index contributed by atoms with van der Waals surface area (Å²) in [5, 5.41) is 2.84.